The van der Waals surface area contributed by atoms with Crippen LogP contribution in [-0.4, -0.2) is 30.2 Å². The normalized spacial score (nSPS) is 16.0. The molecule has 0 aliphatic carbocycles. The van der Waals surface area contributed by atoms with Gasteiger partial charge in [0.05, 0.1) is 25.1 Å². The quantitative estimate of drug-likeness (QED) is 0.826. The molecule has 2 heterocycles. The third-order valence-corrected chi connectivity index (χ3v) is 3.58. The third-order valence-electron chi connectivity index (χ3n) is 3.58. The lowest BCUT2D eigenvalue weighted by Crippen LogP contribution is -2.41. The first-order valence-electron chi connectivity index (χ1n) is 7.67. The van der Waals surface area contributed by atoms with Crippen molar-refractivity contribution in [2.75, 3.05) is 6.54 Å². The summed E-state index contributed by atoms with van der Waals surface area (Å²) in [5, 5.41) is 8.92. The highest BCUT2D eigenvalue weighted by atomic mass is 19.1. The zero-order chi connectivity index (χ0) is 17.6. The van der Waals surface area contributed by atoms with Crippen LogP contribution in [0.25, 0.3) is 0 Å². The molecule has 0 saturated heterocycles. The molecule has 0 unspecified atom stereocenters. The molecular weight excluding hydrogens is 329 g/mol. The number of carbonyl (C=O) groups is 2. The van der Waals surface area contributed by atoms with Crippen LogP contribution in [0.2, 0.25) is 0 Å². The second-order valence-electron chi connectivity index (χ2n) is 5.42. The first-order chi connectivity index (χ1) is 12.1. The molecule has 0 bridgehead atoms. The van der Waals surface area contributed by atoms with Gasteiger partial charge in [-0.3, -0.25) is 9.59 Å². The van der Waals surface area contributed by atoms with Gasteiger partial charge < -0.3 is 19.9 Å². The van der Waals surface area contributed by atoms with Crippen LogP contribution in [0.3, 0.4) is 0 Å². The van der Waals surface area contributed by atoms with Crippen molar-refractivity contribution in [3.63, 3.8) is 0 Å². The fourth-order valence-electron chi connectivity index (χ4n) is 2.30. The maximum absolute atomic E-state index is 13.2. The molecule has 0 radical (unpaired) electrons. The summed E-state index contributed by atoms with van der Waals surface area (Å²) in [7, 11) is 0. The summed E-state index contributed by atoms with van der Waals surface area (Å²) in [6.45, 7) is 0.0587. The molecule has 2 N–H and O–H groups in total. The number of furan rings is 1. The van der Waals surface area contributed by atoms with Gasteiger partial charge in [0.25, 0.3) is 5.91 Å². The fraction of sp³-hybridized carbons (Fsp3) is 0.235. The van der Waals surface area contributed by atoms with Gasteiger partial charge in [0.15, 0.2) is 0 Å². The van der Waals surface area contributed by atoms with Crippen molar-refractivity contribution < 1.29 is 23.2 Å². The Balaban J connectivity index is 1.43. The zero-order valence-electron chi connectivity index (χ0n) is 13.2. The average molecular weight is 345 g/mol. The van der Waals surface area contributed by atoms with E-state index in [0.29, 0.717) is 17.0 Å². The Morgan fingerprint density at radius 1 is 1.24 bits per heavy atom. The summed E-state index contributed by atoms with van der Waals surface area (Å²) in [6, 6.07) is 9.35. The van der Waals surface area contributed by atoms with Crippen LogP contribution in [0.1, 0.15) is 17.7 Å². The maximum Gasteiger partial charge on any atom is 0.264 e. The number of benzene rings is 1. The van der Waals surface area contributed by atoms with Crippen LogP contribution in [-0.2, 0) is 21.0 Å². The molecule has 1 aromatic carbocycles. The molecule has 7 nitrogen and oxygen atoms in total. The monoisotopic (exact) mass is 345 g/mol. The van der Waals surface area contributed by atoms with Crippen molar-refractivity contribution in [1.82, 2.24) is 10.6 Å². The van der Waals surface area contributed by atoms with Gasteiger partial charge in [0.1, 0.15) is 11.6 Å². The molecule has 0 spiro atoms. The lowest BCUT2D eigenvalue weighted by atomic mass is 10.0. The van der Waals surface area contributed by atoms with Crippen molar-refractivity contribution in [1.29, 1.82) is 0 Å². The van der Waals surface area contributed by atoms with Crippen molar-refractivity contribution in [2.45, 2.75) is 19.1 Å². The summed E-state index contributed by atoms with van der Waals surface area (Å²) < 4.78 is 18.3. The fourth-order valence-corrected chi connectivity index (χ4v) is 2.30. The third kappa shape index (κ3) is 4.43. The van der Waals surface area contributed by atoms with Crippen LogP contribution in [0.15, 0.2) is 52.2 Å². The molecule has 3 rings (SSSR count). The number of halogens is 1. The molecule has 130 valence electrons. The highest BCUT2D eigenvalue weighted by molar-refractivity contribution is 6.04. The highest BCUT2D eigenvalue weighted by Crippen LogP contribution is 2.17. The highest BCUT2D eigenvalue weighted by Gasteiger charge is 2.29. The van der Waals surface area contributed by atoms with Gasteiger partial charge in [0, 0.05) is 12.0 Å². The van der Waals surface area contributed by atoms with Crippen molar-refractivity contribution in [2.24, 2.45) is 5.16 Å². The average Bonchev–Trinajstić information content (AvgIpc) is 3.29. The van der Waals surface area contributed by atoms with E-state index in [1.54, 1.807) is 24.3 Å². The number of oxime groups is 1. The molecular formula is C17H16FN3O4. The smallest absolute Gasteiger partial charge is 0.264 e. The minimum absolute atomic E-state index is 0.186. The first kappa shape index (κ1) is 16.7. The standard InChI is InChI=1S/C17H16FN3O4/c18-12-4-1-3-11(7-12)14-8-15(25-21-14)17(23)20-10-16(22)19-9-13-5-2-6-24-13/h1-7,15H,8-10H2,(H,19,22)(H,20,23)/t15-/m0/s1. The van der Waals surface area contributed by atoms with Gasteiger partial charge in [-0.2, -0.15) is 0 Å². The molecule has 1 aliphatic rings. The van der Waals surface area contributed by atoms with E-state index in [1.807, 2.05) is 0 Å². The van der Waals surface area contributed by atoms with E-state index in [-0.39, 0.29) is 31.2 Å². The summed E-state index contributed by atoms with van der Waals surface area (Å²) in [5.74, 6) is -0.578. The number of hydrogen-bond acceptors (Lipinski definition) is 5. The first-order valence-corrected chi connectivity index (χ1v) is 7.67. The zero-order valence-corrected chi connectivity index (χ0v) is 13.2. The van der Waals surface area contributed by atoms with Gasteiger partial charge in [0.2, 0.25) is 12.0 Å². The van der Waals surface area contributed by atoms with Gasteiger partial charge in [-0.1, -0.05) is 17.3 Å². The minimum Gasteiger partial charge on any atom is -0.467 e. The van der Waals surface area contributed by atoms with Crippen LogP contribution < -0.4 is 10.6 Å². The van der Waals surface area contributed by atoms with E-state index in [9.17, 15) is 14.0 Å². The molecule has 2 aromatic rings. The van der Waals surface area contributed by atoms with E-state index in [2.05, 4.69) is 15.8 Å². The Hall–Kier alpha value is -3.16. The van der Waals surface area contributed by atoms with Crippen LogP contribution in [0.4, 0.5) is 4.39 Å². The summed E-state index contributed by atoms with van der Waals surface area (Å²) in [5.41, 5.74) is 1.05. The van der Waals surface area contributed by atoms with Crippen LogP contribution in [0, 0.1) is 5.82 Å². The van der Waals surface area contributed by atoms with E-state index in [1.165, 1.54) is 18.4 Å². The van der Waals surface area contributed by atoms with Gasteiger partial charge >= 0.3 is 0 Å². The molecule has 8 heteroatoms. The maximum atomic E-state index is 13.2. The number of nitrogens with zero attached hydrogens (tertiary/aromatic N) is 1. The SMILES string of the molecule is O=C(CNC(=O)[C@@H]1CC(c2cccc(F)c2)=NO1)NCc1ccco1. The summed E-state index contributed by atoms with van der Waals surface area (Å²) >= 11 is 0. The number of hydrogen-bond donors (Lipinski definition) is 2. The topological polar surface area (TPSA) is 92.9 Å². The molecule has 1 atom stereocenters. The van der Waals surface area contributed by atoms with Crippen molar-refractivity contribution >= 4 is 17.5 Å². The summed E-state index contributed by atoms with van der Waals surface area (Å²) in [4.78, 5) is 28.8. The van der Waals surface area contributed by atoms with E-state index in [4.69, 9.17) is 9.25 Å². The van der Waals surface area contributed by atoms with Gasteiger partial charge in [-0.25, -0.2) is 4.39 Å². The van der Waals surface area contributed by atoms with E-state index >= 15 is 0 Å². The molecule has 1 aliphatic heterocycles. The van der Waals surface area contributed by atoms with Crippen molar-refractivity contribution in [3.8, 4) is 0 Å². The predicted octanol–water partition coefficient (Wildman–Crippen LogP) is 1.34. The second kappa shape index (κ2) is 7.61. The van der Waals surface area contributed by atoms with Gasteiger partial charge in [-0.15, -0.1) is 0 Å². The summed E-state index contributed by atoms with van der Waals surface area (Å²) in [6.07, 6.45) is 0.886. The molecule has 2 amide bonds. The molecule has 0 saturated carbocycles. The van der Waals surface area contributed by atoms with Gasteiger partial charge in [-0.05, 0) is 24.3 Å². The van der Waals surface area contributed by atoms with E-state index < -0.39 is 12.0 Å². The number of carbonyl (C=O) groups excluding carboxylic acids is 2. The Morgan fingerprint density at radius 2 is 2.12 bits per heavy atom. The van der Waals surface area contributed by atoms with E-state index in [0.717, 1.165) is 0 Å². The second-order valence-corrected chi connectivity index (χ2v) is 5.42. The van der Waals surface area contributed by atoms with Crippen LogP contribution in [0.5, 0.6) is 0 Å². The number of rotatable bonds is 6. The Bertz CT molecular complexity index is 789. The number of amides is 2. The van der Waals surface area contributed by atoms with Crippen LogP contribution >= 0.6 is 0 Å². The number of nitrogens with one attached hydrogen (secondary N) is 2. The molecule has 0 fully saturated rings. The Labute approximate surface area is 142 Å². The predicted molar refractivity (Wildman–Crippen MR) is 86.0 cm³/mol. The Kier molecular flexibility index (Phi) is 5.08. The molecule has 1 aromatic heterocycles. The largest absolute Gasteiger partial charge is 0.467 e. The lowest BCUT2D eigenvalue weighted by Gasteiger charge is -2.09. The lowest BCUT2D eigenvalue weighted by molar-refractivity contribution is -0.133. The minimum atomic E-state index is -0.837. The van der Waals surface area contributed by atoms with Crippen molar-refractivity contribution in [3.05, 3.63) is 59.8 Å². The molecule has 25 heavy (non-hydrogen) atoms. The Morgan fingerprint density at radius 3 is 2.88 bits per heavy atom.